The normalized spacial score (nSPS) is 14.6. The number of carbonyl (C=O) groups excluding carboxylic acids is 1. The summed E-state index contributed by atoms with van der Waals surface area (Å²) in [4.78, 5) is 11.1. The van der Waals surface area contributed by atoms with Crippen molar-refractivity contribution in [2.24, 2.45) is 0 Å². The zero-order valence-corrected chi connectivity index (χ0v) is 13.3. The van der Waals surface area contributed by atoms with E-state index in [9.17, 15) is 4.79 Å². The van der Waals surface area contributed by atoms with E-state index < -0.39 is 0 Å². The Balaban J connectivity index is 4.26. The van der Waals surface area contributed by atoms with Gasteiger partial charge in [0.05, 0.1) is 19.6 Å². The van der Waals surface area contributed by atoms with E-state index in [0.29, 0.717) is 18.6 Å². The molecule has 108 valence electrons. The Morgan fingerprint density at radius 1 is 1.53 bits per heavy atom. The molecule has 0 aliphatic carbocycles. The SMILES string of the molecule is CCC(C)=CCCC(C)(CC#N)SCCC(=O)OC. The molecule has 4 heteroatoms. The monoisotopic (exact) mass is 283 g/mol. The van der Waals surface area contributed by atoms with E-state index in [1.165, 1.54) is 12.7 Å². The minimum absolute atomic E-state index is 0.0761. The van der Waals surface area contributed by atoms with Crippen LogP contribution in [-0.4, -0.2) is 23.6 Å². The summed E-state index contributed by atoms with van der Waals surface area (Å²) in [6.45, 7) is 6.38. The van der Waals surface area contributed by atoms with Crippen LogP contribution in [0.2, 0.25) is 0 Å². The number of rotatable bonds is 9. The molecular formula is C15H25NO2S. The number of ether oxygens (including phenoxy) is 1. The predicted octanol–water partition coefficient (Wildman–Crippen LogP) is 4.09. The zero-order chi connectivity index (χ0) is 14.7. The number of esters is 1. The Labute approximate surface area is 121 Å². The summed E-state index contributed by atoms with van der Waals surface area (Å²) >= 11 is 1.70. The lowest BCUT2D eigenvalue weighted by atomic mass is 10.00. The van der Waals surface area contributed by atoms with Crippen LogP contribution in [0, 0.1) is 11.3 Å². The molecule has 0 bridgehead atoms. The van der Waals surface area contributed by atoms with Crippen molar-refractivity contribution in [3.05, 3.63) is 11.6 Å². The van der Waals surface area contributed by atoms with E-state index in [1.54, 1.807) is 11.8 Å². The number of allylic oxidation sites excluding steroid dienone is 2. The van der Waals surface area contributed by atoms with Gasteiger partial charge in [-0.1, -0.05) is 18.6 Å². The maximum absolute atomic E-state index is 11.1. The molecule has 0 aromatic heterocycles. The van der Waals surface area contributed by atoms with Gasteiger partial charge in [-0.05, 0) is 33.1 Å². The van der Waals surface area contributed by atoms with E-state index in [0.717, 1.165) is 19.3 Å². The predicted molar refractivity (Wildman–Crippen MR) is 81.0 cm³/mol. The van der Waals surface area contributed by atoms with Gasteiger partial charge in [0.25, 0.3) is 0 Å². The third kappa shape index (κ3) is 8.72. The molecule has 0 aliphatic heterocycles. The third-order valence-electron chi connectivity index (χ3n) is 3.16. The smallest absolute Gasteiger partial charge is 0.306 e. The van der Waals surface area contributed by atoms with Gasteiger partial charge < -0.3 is 4.74 Å². The van der Waals surface area contributed by atoms with Gasteiger partial charge in [0.15, 0.2) is 0 Å². The second kappa shape index (κ2) is 9.91. The summed E-state index contributed by atoms with van der Waals surface area (Å²) in [6.07, 6.45) is 6.19. The molecule has 0 aromatic carbocycles. The van der Waals surface area contributed by atoms with Gasteiger partial charge in [-0.3, -0.25) is 4.79 Å². The van der Waals surface area contributed by atoms with Gasteiger partial charge in [-0.2, -0.15) is 17.0 Å². The number of hydrogen-bond acceptors (Lipinski definition) is 4. The molecule has 0 spiro atoms. The zero-order valence-electron chi connectivity index (χ0n) is 12.5. The van der Waals surface area contributed by atoms with Crippen LogP contribution in [0.25, 0.3) is 0 Å². The standard InChI is InChI=1S/C15H25NO2S/c1-5-13(2)7-6-9-15(3,10-11-16)19-12-8-14(17)18-4/h7H,5-6,8-10,12H2,1-4H3. The molecule has 0 amide bonds. The first-order valence-electron chi connectivity index (χ1n) is 6.70. The molecule has 0 aromatic rings. The van der Waals surface area contributed by atoms with Crippen LogP contribution in [0.4, 0.5) is 0 Å². The molecule has 3 nitrogen and oxygen atoms in total. The van der Waals surface area contributed by atoms with Crippen molar-refractivity contribution in [3.63, 3.8) is 0 Å². The highest BCUT2D eigenvalue weighted by molar-refractivity contribution is 8.00. The maximum Gasteiger partial charge on any atom is 0.306 e. The molecule has 19 heavy (non-hydrogen) atoms. The Morgan fingerprint density at radius 3 is 2.74 bits per heavy atom. The van der Waals surface area contributed by atoms with Gasteiger partial charge in [0, 0.05) is 16.9 Å². The minimum atomic E-state index is -0.187. The van der Waals surface area contributed by atoms with E-state index in [-0.39, 0.29) is 10.7 Å². The van der Waals surface area contributed by atoms with E-state index in [2.05, 4.69) is 37.7 Å². The fraction of sp³-hybridized carbons (Fsp3) is 0.733. The van der Waals surface area contributed by atoms with Gasteiger partial charge in [-0.25, -0.2) is 0 Å². The van der Waals surface area contributed by atoms with Crippen LogP contribution in [-0.2, 0) is 9.53 Å². The van der Waals surface area contributed by atoms with E-state index in [4.69, 9.17) is 5.26 Å². The summed E-state index contributed by atoms with van der Waals surface area (Å²) in [7, 11) is 1.40. The molecule has 0 heterocycles. The largest absolute Gasteiger partial charge is 0.469 e. The molecule has 0 aliphatic rings. The van der Waals surface area contributed by atoms with Crippen molar-refractivity contribution in [2.45, 2.75) is 57.6 Å². The number of hydrogen-bond donors (Lipinski definition) is 0. The molecule has 0 saturated carbocycles. The second-order valence-corrected chi connectivity index (χ2v) is 6.58. The van der Waals surface area contributed by atoms with Crippen molar-refractivity contribution in [1.29, 1.82) is 5.26 Å². The Morgan fingerprint density at radius 2 is 2.21 bits per heavy atom. The summed E-state index contributed by atoms with van der Waals surface area (Å²) in [6, 6.07) is 2.25. The first-order chi connectivity index (χ1) is 8.97. The Hall–Kier alpha value is -0.950. The van der Waals surface area contributed by atoms with Crippen LogP contribution in [0.5, 0.6) is 0 Å². The van der Waals surface area contributed by atoms with Crippen LogP contribution in [0.15, 0.2) is 11.6 Å². The van der Waals surface area contributed by atoms with Crippen LogP contribution in [0.3, 0.4) is 0 Å². The van der Waals surface area contributed by atoms with Crippen molar-refractivity contribution in [3.8, 4) is 6.07 Å². The number of thioether (sulfide) groups is 1. The number of nitrogens with zero attached hydrogens (tertiary/aromatic N) is 1. The highest BCUT2D eigenvalue weighted by Gasteiger charge is 2.24. The van der Waals surface area contributed by atoms with Crippen molar-refractivity contribution in [1.82, 2.24) is 0 Å². The summed E-state index contributed by atoms with van der Waals surface area (Å²) in [5, 5.41) is 8.94. The average molecular weight is 283 g/mol. The van der Waals surface area contributed by atoms with E-state index in [1.807, 2.05) is 0 Å². The summed E-state index contributed by atoms with van der Waals surface area (Å²) in [5.74, 6) is 0.523. The van der Waals surface area contributed by atoms with Gasteiger partial charge in [-0.15, -0.1) is 0 Å². The fourth-order valence-corrected chi connectivity index (χ4v) is 2.82. The maximum atomic E-state index is 11.1. The molecule has 0 saturated heterocycles. The second-order valence-electron chi connectivity index (χ2n) is 4.90. The number of carbonyl (C=O) groups is 1. The van der Waals surface area contributed by atoms with Crippen molar-refractivity contribution < 1.29 is 9.53 Å². The first-order valence-corrected chi connectivity index (χ1v) is 7.69. The molecule has 1 atom stereocenters. The Bertz CT molecular complexity index is 347. The van der Waals surface area contributed by atoms with E-state index >= 15 is 0 Å². The Kier molecular flexibility index (Phi) is 9.42. The van der Waals surface area contributed by atoms with Crippen molar-refractivity contribution >= 4 is 17.7 Å². The molecule has 1 unspecified atom stereocenters. The summed E-state index contributed by atoms with van der Waals surface area (Å²) < 4.78 is 4.55. The average Bonchev–Trinajstić information content (AvgIpc) is 2.38. The quantitative estimate of drug-likeness (QED) is 0.472. The molecular weight excluding hydrogens is 258 g/mol. The number of methoxy groups -OCH3 is 1. The molecule has 0 fully saturated rings. The highest BCUT2D eigenvalue weighted by atomic mass is 32.2. The molecule has 0 N–H and O–H groups in total. The summed E-state index contributed by atoms with van der Waals surface area (Å²) in [5.41, 5.74) is 1.39. The van der Waals surface area contributed by atoms with Gasteiger partial charge in [0.1, 0.15) is 0 Å². The third-order valence-corrected chi connectivity index (χ3v) is 4.61. The van der Waals surface area contributed by atoms with Crippen LogP contribution in [0.1, 0.15) is 52.9 Å². The minimum Gasteiger partial charge on any atom is -0.469 e. The van der Waals surface area contributed by atoms with Crippen molar-refractivity contribution in [2.75, 3.05) is 12.9 Å². The van der Waals surface area contributed by atoms with Crippen LogP contribution >= 0.6 is 11.8 Å². The van der Waals surface area contributed by atoms with Gasteiger partial charge in [0.2, 0.25) is 0 Å². The topological polar surface area (TPSA) is 50.1 Å². The lowest BCUT2D eigenvalue weighted by molar-refractivity contribution is -0.140. The van der Waals surface area contributed by atoms with Gasteiger partial charge >= 0.3 is 5.97 Å². The lowest BCUT2D eigenvalue weighted by Gasteiger charge is -2.25. The highest BCUT2D eigenvalue weighted by Crippen LogP contribution is 2.34. The number of nitriles is 1. The lowest BCUT2D eigenvalue weighted by Crippen LogP contribution is -2.20. The molecule has 0 rings (SSSR count). The fourth-order valence-electron chi connectivity index (χ4n) is 1.63. The molecule has 0 radical (unpaired) electrons. The van der Waals surface area contributed by atoms with Crippen LogP contribution < -0.4 is 0 Å². The first kappa shape index (κ1) is 18.0.